The predicted octanol–water partition coefficient (Wildman–Crippen LogP) is 3.32. The molecule has 6 heteroatoms. The number of ether oxygens (including phenoxy) is 2. The molecule has 0 amide bonds. The largest absolute Gasteiger partial charge is 0.385 e. The molecule has 1 rings (SSSR count). The summed E-state index contributed by atoms with van der Waals surface area (Å²) in [6.07, 6.45) is 2.00. The Balaban J connectivity index is 0.00000529. The van der Waals surface area contributed by atoms with Crippen LogP contribution < -0.4 is 10.6 Å². The van der Waals surface area contributed by atoms with Gasteiger partial charge in [0.05, 0.1) is 13.2 Å². The molecule has 0 atom stereocenters. The predicted molar refractivity (Wildman–Crippen MR) is 111 cm³/mol. The third-order valence-corrected chi connectivity index (χ3v) is 3.29. The fourth-order valence-corrected chi connectivity index (χ4v) is 2.11. The molecular weight excluding hydrogens is 417 g/mol. The maximum absolute atomic E-state index is 5.66. The molecule has 0 heterocycles. The highest BCUT2D eigenvalue weighted by Gasteiger charge is 2.03. The van der Waals surface area contributed by atoms with Crippen molar-refractivity contribution in [2.45, 2.75) is 39.8 Å². The summed E-state index contributed by atoms with van der Waals surface area (Å²) in [5, 5.41) is 6.59. The maximum atomic E-state index is 5.66. The van der Waals surface area contributed by atoms with Crippen LogP contribution >= 0.6 is 24.0 Å². The standard InChI is InChI=1S/C18H31N3O2.HI/c1-4-12-23-15-17-10-7-6-9-16(17)14-21-18(19-5-2)20-11-8-13-22-3;/h6-7,9-10H,4-5,8,11-15H2,1-3H3,(H2,19,20,21);1H. The molecule has 0 spiro atoms. The number of nitrogens with zero attached hydrogens (tertiary/aromatic N) is 1. The quantitative estimate of drug-likeness (QED) is 0.236. The van der Waals surface area contributed by atoms with Crippen molar-refractivity contribution in [3.8, 4) is 0 Å². The second-order valence-electron chi connectivity index (χ2n) is 5.29. The molecule has 0 aliphatic rings. The van der Waals surface area contributed by atoms with Gasteiger partial charge in [-0.3, -0.25) is 0 Å². The van der Waals surface area contributed by atoms with E-state index in [1.807, 2.05) is 12.1 Å². The summed E-state index contributed by atoms with van der Waals surface area (Å²) >= 11 is 0. The first kappa shape index (κ1) is 23.1. The van der Waals surface area contributed by atoms with Crippen molar-refractivity contribution in [3.05, 3.63) is 35.4 Å². The van der Waals surface area contributed by atoms with E-state index in [2.05, 4.69) is 41.6 Å². The fourth-order valence-electron chi connectivity index (χ4n) is 2.11. The van der Waals surface area contributed by atoms with Gasteiger partial charge in [0.25, 0.3) is 0 Å². The minimum atomic E-state index is 0. The number of rotatable bonds is 11. The molecule has 0 aliphatic carbocycles. The van der Waals surface area contributed by atoms with Crippen LogP contribution in [-0.2, 0) is 22.6 Å². The van der Waals surface area contributed by atoms with Gasteiger partial charge in [-0.25, -0.2) is 4.99 Å². The molecule has 24 heavy (non-hydrogen) atoms. The van der Waals surface area contributed by atoms with Crippen molar-refractivity contribution < 1.29 is 9.47 Å². The Kier molecular flexibility index (Phi) is 15.1. The Bertz CT molecular complexity index is 456. The Morgan fingerprint density at radius 3 is 2.50 bits per heavy atom. The third-order valence-electron chi connectivity index (χ3n) is 3.29. The summed E-state index contributed by atoms with van der Waals surface area (Å²) in [7, 11) is 1.72. The molecule has 0 saturated carbocycles. The van der Waals surface area contributed by atoms with E-state index in [0.29, 0.717) is 13.2 Å². The van der Waals surface area contributed by atoms with E-state index >= 15 is 0 Å². The summed E-state index contributed by atoms with van der Waals surface area (Å²) < 4.78 is 10.7. The second-order valence-corrected chi connectivity index (χ2v) is 5.29. The van der Waals surface area contributed by atoms with E-state index in [-0.39, 0.29) is 24.0 Å². The minimum absolute atomic E-state index is 0. The maximum Gasteiger partial charge on any atom is 0.191 e. The van der Waals surface area contributed by atoms with Crippen LogP contribution in [-0.4, -0.2) is 39.4 Å². The molecule has 0 aromatic heterocycles. The Hall–Kier alpha value is -0.860. The van der Waals surface area contributed by atoms with Gasteiger partial charge in [0.1, 0.15) is 0 Å². The molecule has 1 aromatic rings. The van der Waals surface area contributed by atoms with E-state index in [9.17, 15) is 0 Å². The average molecular weight is 449 g/mol. The first-order chi connectivity index (χ1) is 11.3. The van der Waals surface area contributed by atoms with E-state index in [1.54, 1.807) is 7.11 Å². The molecular formula is C18H32IN3O2. The summed E-state index contributed by atoms with van der Waals surface area (Å²) in [6.45, 7) is 8.72. The Morgan fingerprint density at radius 2 is 1.83 bits per heavy atom. The van der Waals surface area contributed by atoms with Gasteiger partial charge >= 0.3 is 0 Å². The molecule has 0 bridgehead atoms. The summed E-state index contributed by atoms with van der Waals surface area (Å²) in [5.74, 6) is 0.841. The normalized spacial score (nSPS) is 11.0. The monoisotopic (exact) mass is 449 g/mol. The summed E-state index contributed by atoms with van der Waals surface area (Å²) in [6, 6.07) is 8.32. The van der Waals surface area contributed by atoms with Gasteiger partial charge in [-0.1, -0.05) is 31.2 Å². The van der Waals surface area contributed by atoms with Crippen LogP contribution in [0.25, 0.3) is 0 Å². The molecule has 1 aromatic carbocycles. The van der Waals surface area contributed by atoms with Gasteiger partial charge in [0.15, 0.2) is 5.96 Å². The Labute approximate surface area is 163 Å². The lowest BCUT2D eigenvalue weighted by Gasteiger charge is -2.12. The molecule has 0 saturated heterocycles. The number of aliphatic imine (C=N–C) groups is 1. The molecule has 0 fully saturated rings. The van der Waals surface area contributed by atoms with Gasteiger partial charge in [0.2, 0.25) is 0 Å². The number of benzene rings is 1. The molecule has 0 radical (unpaired) electrons. The number of hydrogen-bond donors (Lipinski definition) is 2. The number of halogens is 1. The first-order valence-electron chi connectivity index (χ1n) is 8.47. The van der Waals surface area contributed by atoms with Crippen molar-refractivity contribution in [1.82, 2.24) is 10.6 Å². The summed E-state index contributed by atoms with van der Waals surface area (Å²) in [5.41, 5.74) is 2.41. The van der Waals surface area contributed by atoms with Crippen molar-refractivity contribution in [1.29, 1.82) is 0 Å². The van der Waals surface area contributed by atoms with Gasteiger partial charge < -0.3 is 20.1 Å². The first-order valence-corrected chi connectivity index (χ1v) is 8.47. The topological polar surface area (TPSA) is 54.9 Å². The van der Waals surface area contributed by atoms with Crippen LogP contribution in [0.3, 0.4) is 0 Å². The highest BCUT2D eigenvalue weighted by Crippen LogP contribution is 2.11. The van der Waals surface area contributed by atoms with Crippen LogP contribution in [0.1, 0.15) is 37.8 Å². The lowest BCUT2D eigenvalue weighted by Crippen LogP contribution is -2.38. The zero-order valence-electron chi connectivity index (χ0n) is 15.1. The third kappa shape index (κ3) is 10.1. The SMILES string of the molecule is CCCOCc1ccccc1CN=C(NCC)NCCCOC.I. The molecule has 0 aliphatic heterocycles. The van der Waals surface area contributed by atoms with E-state index in [1.165, 1.54) is 11.1 Å². The van der Waals surface area contributed by atoms with Crippen LogP contribution in [0.4, 0.5) is 0 Å². The zero-order chi connectivity index (χ0) is 16.8. The highest BCUT2D eigenvalue weighted by atomic mass is 127. The van der Waals surface area contributed by atoms with Crippen LogP contribution in [0.5, 0.6) is 0 Å². The molecule has 138 valence electrons. The second kappa shape index (κ2) is 15.7. The molecule has 5 nitrogen and oxygen atoms in total. The van der Waals surface area contributed by atoms with Crippen molar-refractivity contribution in [2.75, 3.05) is 33.4 Å². The number of nitrogens with one attached hydrogen (secondary N) is 2. The van der Waals surface area contributed by atoms with Gasteiger partial charge in [-0.2, -0.15) is 0 Å². The average Bonchev–Trinajstić information content (AvgIpc) is 2.57. The van der Waals surface area contributed by atoms with Crippen molar-refractivity contribution in [2.24, 2.45) is 4.99 Å². The van der Waals surface area contributed by atoms with Crippen LogP contribution in [0.15, 0.2) is 29.3 Å². The van der Waals surface area contributed by atoms with Gasteiger partial charge in [-0.15, -0.1) is 24.0 Å². The molecule has 0 unspecified atom stereocenters. The highest BCUT2D eigenvalue weighted by molar-refractivity contribution is 14.0. The lowest BCUT2D eigenvalue weighted by atomic mass is 10.1. The summed E-state index contributed by atoms with van der Waals surface area (Å²) in [4.78, 5) is 4.67. The smallest absolute Gasteiger partial charge is 0.191 e. The van der Waals surface area contributed by atoms with Gasteiger partial charge in [-0.05, 0) is 30.9 Å². The van der Waals surface area contributed by atoms with Crippen molar-refractivity contribution in [3.63, 3.8) is 0 Å². The van der Waals surface area contributed by atoms with Crippen LogP contribution in [0, 0.1) is 0 Å². The number of hydrogen-bond acceptors (Lipinski definition) is 3. The minimum Gasteiger partial charge on any atom is -0.385 e. The van der Waals surface area contributed by atoms with Crippen LogP contribution in [0.2, 0.25) is 0 Å². The lowest BCUT2D eigenvalue weighted by molar-refractivity contribution is 0.121. The van der Waals surface area contributed by atoms with E-state index in [4.69, 9.17) is 9.47 Å². The zero-order valence-corrected chi connectivity index (χ0v) is 17.5. The van der Waals surface area contributed by atoms with Crippen molar-refractivity contribution >= 4 is 29.9 Å². The van der Waals surface area contributed by atoms with Gasteiger partial charge in [0, 0.05) is 33.4 Å². The van der Waals surface area contributed by atoms with E-state index in [0.717, 1.165) is 45.1 Å². The Morgan fingerprint density at radius 1 is 1.08 bits per heavy atom. The van der Waals surface area contributed by atoms with E-state index < -0.39 is 0 Å². The molecule has 2 N–H and O–H groups in total. The fraction of sp³-hybridized carbons (Fsp3) is 0.611. The number of guanidine groups is 1. The number of methoxy groups -OCH3 is 1.